The predicted molar refractivity (Wildman–Crippen MR) is 196 cm³/mol. The molecular formula is C44H26N2O. The molecule has 0 saturated heterocycles. The molecule has 0 aliphatic carbocycles. The Kier molecular flexibility index (Phi) is 5.57. The summed E-state index contributed by atoms with van der Waals surface area (Å²) >= 11 is 0. The average Bonchev–Trinajstić information content (AvgIpc) is 3.49. The van der Waals surface area contributed by atoms with Crippen LogP contribution >= 0.6 is 0 Å². The van der Waals surface area contributed by atoms with Gasteiger partial charge in [0.05, 0.1) is 17.4 Å². The van der Waals surface area contributed by atoms with Crippen molar-refractivity contribution in [3.05, 3.63) is 158 Å². The minimum Gasteiger partial charge on any atom is -0.436 e. The lowest BCUT2D eigenvalue weighted by Gasteiger charge is -2.17. The summed E-state index contributed by atoms with van der Waals surface area (Å²) in [5.74, 6) is 0. The molecule has 0 spiro atoms. The molecule has 7 aromatic carbocycles. The fraction of sp³-hybridized carbons (Fsp3) is 0. The number of aromatic nitrogens is 2. The van der Waals surface area contributed by atoms with E-state index in [1.807, 2.05) is 24.4 Å². The van der Waals surface area contributed by atoms with Gasteiger partial charge in [-0.2, -0.15) is 0 Å². The summed E-state index contributed by atoms with van der Waals surface area (Å²) in [7, 11) is 0. The number of benzene rings is 7. The third-order valence-electron chi connectivity index (χ3n) is 9.52. The zero-order valence-corrected chi connectivity index (χ0v) is 25.3. The number of nitrogens with zero attached hydrogens (tertiary/aromatic N) is 2. The third-order valence-corrected chi connectivity index (χ3v) is 9.52. The highest BCUT2D eigenvalue weighted by Gasteiger charge is 2.19. The molecule has 0 radical (unpaired) electrons. The number of hydrogen-bond acceptors (Lipinski definition) is 3. The summed E-state index contributed by atoms with van der Waals surface area (Å²) in [6.45, 7) is 0. The first-order chi connectivity index (χ1) is 23.3. The average molecular weight is 599 g/mol. The van der Waals surface area contributed by atoms with Gasteiger partial charge >= 0.3 is 0 Å². The van der Waals surface area contributed by atoms with Crippen LogP contribution in [0.15, 0.2) is 162 Å². The van der Waals surface area contributed by atoms with Crippen LogP contribution in [0.5, 0.6) is 0 Å². The molecule has 0 fully saturated rings. The standard InChI is InChI=1S/C44H26N2O/c1-3-13-31-27(10-1)12-9-18-32(31)28-20-22-29(23-21-28)42-33-14-4-6-16-35(33)43(36-17-7-5-15-34(36)42)40-25-37-38-24-30-11-2-8-19-39(30)46-44(38)47-41(37)26-45-40/h1-26H. The van der Waals surface area contributed by atoms with Crippen molar-refractivity contribution in [1.29, 1.82) is 0 Å². The maximum Gasteiger partial charge on any atom is 0.227 e. The quantitative estimate of drug-likeness (QED) is 0.190. The minimum absolute atomic E-state index is 0.634. The van der Waals surface area contributed by atoms with Crippen LogP contribution in [0, 0.1) is 0 Å². The zero-order chi connectivity index (χ0) is 30.9. The molecule has 47 heavy (non-hydrogen) atoms. The van der Waals surface area contributed by atoms with Crippen LogP contribution in [-0.4, -0.2) is 9.97 Å². The van der Waals surface area contributed by atoms with Crippen molar-refractivity contribution in [3.8, 4) is 33.5 Å². The molecule has 0 atom stereocenters. The van der Waals surface area contributed by atoms with Crippen molar-refractivity contribution in [2.24, 2.45) is 0 Å². The van der Waals surface area contributed by atoms with E-state index in [4.69, 9.17) is 14.4 Å². The van der Waals surface area contributed by atoms with Crippen LogP contribution in [0.25, 0.3) is 98.8 Å². The van der Waals surface area contributed by atoms with E-state index in [1.54, 1.807) is 0 Å². The molecule has 0 N–H and O–H groups in total. The van der Waals surface area contributed by atoms with Crippen LogP contribution in [-0.2, 0) is 0 Å². The number of pyridine rings is 2. The van der Waals surface area contributed by atoms with Gasteiger partial charge in [0, 0.05) is 21.7 Å². The first-order valence-electron chi connectivity index (χ1n) is 15.9. The monoisotopic (exact) mass is 598 g/mol. The molecule has 0 saturated carbocycles. The normalized spacial score (nSPS) is 11.8. The fourth-order valence-corrected chi connectivity index (χ4v) is 7.35. The summed E-state index contributed by atoms with van der Waals surface area (Å²) < 4.78 is 6.19. The number of rotatable bonds is 3. The highest BCUT2D eigenvalue weighted by Crippen LogP contribution is 2.44. The van der Waals surface area contributed by atoms with Gasteiger partial charge in [-0.15, -0.1) is 0 Å². The van der Waals surface area contributed by atoms with E-state index in [-0.39, 0.29) is 0 Å². The van der Waals surface area contributed by atoms with Gasteiger partial charge in [0.2, 0.25) is 5.71 Å². The van der Waals surface area contributed by atoms with Gasteiger partial charge < -0.3 is 4.42 Å². The Morgan fingerprint density at radius 2 is 1.02 bits per heavy atom. The molecule has 10 rings (SSSR count). The van der Waals surface area contributed by atoms with Crippen LogP contribution in [0.4, 0.5) is 0 Å². The molecule has 0 amide bonds. The van der Waals surface area contributed by atoms with E-state index in [0.29, 0.717) is 5.71 Å². The highest BCUT2D eigenvalue weighted by atomic mass is 16.3. The van der Waals surface area contributed by atoms with Crippen molar-refractivity contribution in [1.82, 2.24) is 9.97 Å². The molecule has 3 nitrogen and oxygen atoms in total. The van der Waals surface area contributed by atoms with Gasteiger partial charge in [0.25, 0.3) is 0 Å². The fourth-order valence-electron chi connectivity index (χ4n) is 7.35. The van der Waals surface area contributed by atoms with E-state index in [9.17, 15) is 0 Å². The van der Waals surface area contributed by atoms with Gasteiger partial charge in [-0.25, -0.2) is 4.98 Å². The lowest BCUT2D eigenvalue weighted by molar-refractivity contribution is 0.654. The van der Waals surface area contributed by atoms with Crippen LogP contribution < -0.4 is 0 Å². The summed E-state index contributed by atoms with van der Waals surface area (Å²) in [5, 5.41) is 10.4. The molecule has 0 unspecified atom stereocenters. The second kappa shape index (κ2) is 10.1. The SMILES string of the molecule is c1ccc2nc3oc4cnc(-c5c6ccccc6c(-c6ccc(-c7cccc8ccccc78)cc6)c6ccccc56)cc4c3cc2c1. The Bertz CT molecular complexity index is 2780. The van der Waals surface area contributed by atoms with E-state index in [1.165, 1.54) is 54.6 Å². The number of fused-ring (bicyclic) bond motifs is 7. The number of furan rings is 1. The molecule has 218 valence electrons. The van der Waals surface area contributed by atoms with Crippen LogP contribution in [0.3, 0.4) is 0 Å². The molecule has 10 aromatic rings. The highest BCUT2D eigenvalue weighted by molar-refractivity contribution is 6.22. The molecule has 3 heteroatoms. The van der Waals surface area contributed by atoms with Crippen molar-refractivity contribution in [2.75, 3.05) is 0 Å². The summed E-state index contributed by atoms with van der Waals surface area (Å²) in [5.41, 5.74) is 9.21. The molecule has 3 heterocycles. The van der Waals surface area contributed by atoms with E-state index in [0.717, 1.165) is 38.5 Å². The minimum atomic E-state index is 0.634. The van der Waals surface area contributed by atoms with Gasteiger partial charge in [0.1, 0.15) is 0 Å². The molecule has 0 bridgehead atoms. The Balaban J connectivity index is 1.19. The van der Waals surface area contributed by atoms with Crippen LogP contribution in [0.2, 0.25) is 0 Å². The first kappa shape index (κ1) is 26.0. The maximum atomic E-state index is 6.19. The molecule has 0 aliphatic heterocycles. The Labute approximate surface area is 270 Å². The van der Waals surface area contributed by atoms with E-state index >= 15 is 0 Å². The largest absolute Gasteiger partial charge is 0.436 e. The second-order valence-electron chi connectivity index (χ2n) is 12.1. The molecular weight excluding hydrogens is 572 g/mol. The number of para-hydroxylation sites is 1. The van der Waals surface area contributed by atoms with Gasteiger partial charge in [-0.1, -0.05) is 133 Å². The lowest BCUT2D eigenvalue weighted by atomic mass is 9.86. The van der Waals surface area contributed by atoms with Crippen molar-refractivity contribution in [3.63, 3.8) is 0 Å². The molecule has 0 aliphatic rings. The summed E-state index contributed by atoms with van der Waals surface area (Å²) in [6.07, 6.45) is 1.85. The second-order valence-corrected chi connectivity index (χ2v) is 12.1. The number of hydrogen-bond donors (Lipinski definition) is 0. The third kappa shape index (κ3) is 4.00. The summed E-state index contributed by atoms with van der Waals surface area (Å²) in [6, 6.07) is 54.1. The predicted octanol–water partition coefficient (Wildman–Crippen LogP) is 12.0. The van der Waals surface area contributed by atoms with Gasteiger partial charge in [-0.3, -0.25) is 4.98 Å². The Morgan fingerprint density at radius 3 is 1.77 bits per heavy atom. The van der Waals surface area contributed by atoms with Crippen molar-refractivity contribution in [2.45, 2.75) is 0 Å². The van der Waals surface area contributed by atoms with Crippen molar-refractivity contribution >= 4 is 65.3 Å². The van der Waals surface area contributed by atoms with Gasteiger partial charge in [-0.05, 0) is 72.8 Å². The summed E-state index contributed by atoms with van der Waals surface area (Å²) in [4.78, 5) is 9.80. The maximum absolute atomic E-state index is 6.19. The van der Waals surface area contributed by atoms with E-state index < -0.39 is 0 Å². The smallest absolute Gasteiger partial charge is 0.227 e. The Morgan fingerprint density at radius 1 is 0.426 bits per heavy atom. The Hall–Kier alpha value is -6.32. The topological polar surface area (TPSA) is 38.9 Å². The lowest BCUT2D eigenvalue weighted by Crippen LogP contribution is -1.92. The van der Waals surface area contributed by atoms with E-state index in [2.05, 4.69) is 133 Å². The molecule has 3 aromatic heterocycles. The zero-order valence-electron chi connectivity index (χ0n) is 25.3. The van der Waals surface area contributed by atoms with Gasteiger partial charge in [0.15, 0.2) is 5.58 Å². The van der Waals surface area contributed by atoms with Crippen molar-refractivity contribution < 1.29 is 4.42 Å². The first-order valence-corrected chi connectivity index (χ1v) is 15.9. The van der Waals surface area contributed by atoms with Crippen LogP contribution in [0.1, 0.15) is 0 Å².